The van der Waals surface area contributed by atoms with Crippen LogP contribution in [-0.4, -0.2) is 49.7 Å². The molecule has 0 bridgehead atoms. The average Bonchev–Trinajstić information content (AvgIpc) is 3.16. The highest BCUT2D eigenvalue weighted by atomic mass is 16.5. The van der Waals surface area contributed by atoms with Crippen LogP contribution >= 0.6 is 0 Å². The molecule has 0 aromatic rings. The number of unbranched alkanes of at least 4 members (excludes halogenated alkanes) is 1. The van der Waals surface area contributed by atoms with Crippen molar-refractivity contribution in [2.24, 2.45) is 5.92 Å². The van der Waals surface area contributed by atoms with Crippen LogP contribution in [0.15, 0.2) is 0 Å². The van der Waals surface area contributed by atoms with Gasteiger partial charge in [-0.2, -0.15) is 0 Å². The monoisotopic (exact) mass is 284 g/mol. The third kappa shape index (κ3) is 6.23. The normalized spacial score (nSPS) is 18.4. The van der Waals surface area contributed by atoms with Crippen molar-refractivity contribution in [3.05, 3.63) is 0 Å². The van der Waals surface area contributed by atoms with E-state index in [2.05, 4.69) is 31.1 Å². The van der Waals surface area contributed by atoms with Crippen molar-refractivity contribution in [2.45, 2.75) is 64.5 Å². The number of carbonyl (C=O) groups excluding carboxylic acids is 1. The van der Waals surface area contributed by atoms with Crippen LogP contribution in [0.25, 0.3) is 0 Å². The number of hydrogen-bond donors (Lipinski definition) is 1. The fraction of sp³-hybridized carbons (Fsp3) is 0.938. The zero-order valence-corrected chi connectivity index (χ0v) is 13.9. The smallest absolute Gasteiger partial charge is 0.325 e. The minimum atomic E-state index is -0.507. The van der Waals surface area contributed by atoms with Crippen molar-refractivity contribution >= 4 is 5.97 Å². The van der Waals surface area contributed by atoms with Crippen molar-refractivity contribution in [3.8, 4) is 0 Å². The van der Waals surface area contributed by atoms with E-state index < -0.39 is 5.54 Å². The van der Waals surface area contributed by atoms with Crippen molar-refractivity contribution < 1.29 is 9.53 Å². The molecule has 1 unspecified atom stereocenters. The molecule has 0 amide bonds. The van der Waals surface area contributed by atoms with Gasteiger partial charge in [0.1, 0.15) is 5.54 Å². The molecule has 1 saturated carbocycles. The number of ether oxygens (including phenoxy) is 1. The minimum absolute atomic E-state index is 0.125. The van der Waals surface area contributed by atoms with Crippen LogP contribution in [0.2, 0.25) is 0 Å². The maximum atomic E-state index is 12.0. The van der Waals surface area contributed by atoms with Crippen LogP contribution in [-0.2, 0) is 9.53 Å². The van der Waals surface area contributed by atoms with Gasteiger partial charge in [0, 0.05) is 12.6 Å². The zero-order valence-electron chi connectivity index (χ0n) is 13.9. The van der Waals surface area contributed by atoms with Gasteiger partial charge in [-0.15, -0.1) is 0 Å². The fourth-order valence-electron chi connectivity index (χ4n) is 2.71. The summed E-state index contributed by atoms with van der Waals surface area (Å²) in [5.41, 5.74) is -0.507. The van der Waals surface area contributed by atoms with Gasteiger partial charge in [0.25, 0.3) is 0 Å². The van der Waals surface area contributed by atoms with Crippen molar-refractivity contribution in [3.63, 3.8) is 0 Å². The number of hydrogen-bond acceptors (Lipinski definition) is 4. The summed E-state index contributed by atoms with van der Waals surface area (Å²) in [6.07, 6.45) is 5.40. The Morgan fingerprint density at radius 2 is 2.05 bits per heavy atom. The maximum Gasteiger partial charge on any atom is 0.325 e. The summed E-state index contributed by atoms with van der Waals surface area (Å²) >= 11 is 0. The van der Waals surface area contributed by atoms with E-state index in [-0.39, 0.29) is 5.97 Å². The van der Waals surface area contributed by atoms with Gasteiger partial charge < -0.3 is 9.64 Å². The van der Waals surface area contributed by atoms with E-state index in [1.54, 1.807) is 0 Å². The van der Waals surface area contributed by atoms with Gasteiger partial charge in [-0.25, -0.2) is 0 Å². The van der Waals surface area contributed by atoms with Crippen molar-refractivity contribution in [1.82, 2.24) is 10.2 Å². The minimum Gasteiger partial charge on any atom is -0.468 e. The molecule has 1 rings (SSSR count). The first kappa shape index (κ1) is 17.4. The first-order valence-electron chi connectivity index (χ1n) is 7.92. The lowest BCUT2D eigenvalue weighted by Crippen LogP contribution is -2.51. The lowest BCUT2D eigenvalue weighted by atomic mass is 9.94. The molecule has 1 aliphatic rings. The number of nitrogens with zero attached hydrogens (tertiary/aromatic N) is 1. The number of methoxy groups -OCH3 is 1. The second-order valence-electron chi connectivity index (χ2n) is 6.86. The summed E-state index contributed by atoms with van der Waals surface area (Å²) in [5.74, 6) is 0.580. The molecule has 0 heterocycles. The molecular weight excluding hydrogens is 252 g/mol. The van der Waals surface area contributed by atoms with Crippen molar-refractivity contribution in [1.29, 1.82) is 0 Å². The van der Waals surface area contributed by atoms with Gasteiger partial charge in [-0.3, -0.25) is 10.1 Å². The molecule has 118 valence electrons. The molecule has 0 aliphatic heterocycles. The van der Waals surface area contributed by atoms with Gasteiger partial charge in [-0.1, -0.05) is 13.8 Å². The molecule has 4 nitrogen and oxygen atoms in total. The average molecular weight is 284 g/mol. The largest absolute Gasteiger partial charge is 0.468 e. The Morgan fingerprint density at radius 1 is 1.40 bits per heavy atom. The van der Waals surface area contributed by atoms with E-state index in [4.69, 9.17) is 4.74 Å². The second-order valence-corrected chi connectivity index (χ2v) is 6.86. The molecule has 0 aromatic carbocycles. The van der Waals surface area contributed by atoms with E-state index in [9.17, 15) is 4.79 Å². The van der Waals surface area contributed by atoms with Gasteiger partial charge >= 0.3 is 5.97 Å². The molecule has 0 radical (unpaired) electrons. The highest BCUT2D eigenvalue weighted by Gasteiger charge is 2.38. The number of carbonyl (C=O) groups is 1. The number of esters is 1. The van der Waals surface area contributed by atoms with Crippen LogP contribution in [0.5, 0.6) is 0 Å². The molecule has 1 fully saturated rings. The first-order valence-corrected chi connectivity index (χ1v) is 7.92. The Labute approximate surface area is 124 Å². The molecule has 1 aliphatic carbocycles. The Hall–Kier alpha value is -0.610. The van der Waals surface area contributed by atoms with E-state index in [0.29, 0.717) is 12.0 Å². The molecule has 1 atom stereocenters. The molecular formula is C16H32N2O2. The summed E-state index contributed by atoms with van der Waals surface area (Å²) in [5, 5.41) is 3.45. The molecule has 20 heavy (non-hydrogen) atoms. The van der Waals surface area contributed by atoms with E-state index in [1.165, 1.54) is 20.0 Å². The summed E-state index contributed by atoms with van der Waals surface area (Å²) in [6, 6.07) is 0.516. The summed E-state index contributed by atoms with van der Waals surface area (Å²) in [7, 11) is 3.65. The zero-order chi connectivity index (χ0) is 15.2. The third-order valence-corrected chi connectivity index (χ3v) is 3.88. The Kier molecular flexibility index (Phi) is 6.96. The lowest BCUT2D eigenvalue weighted by molar-refractivity contribution is -0.148. The fourth-order valence-corrected chi connectivity index (χ4v) is 2.71. The maximum absolute atomic E-state index is 12.0. The molecule has 0 spiro atoms. The van der Waals surface area contributed by atoms with Gasteiger partial charge in [-0.05, 0) is 58.5 Å². The van der Waals surface area contributed by atoms with Crippen molar-refractivity contribution in [2.75, 3.05) is 27.2 Å². The number of rotatable bonds is 10. The van der Waals surface area contributed by atoms with Crippen LogP contribution in [0, 0.1) is 5.92 Å². The Bertz CT molecular complexity index is 303. The highest BCUT2D eigenvalue weighted by molar-refractivity contribution is 5.80. The summed E-state index contributed by atoms with van der Waals surface area (Å²) in [4.78, 5) is 14.3. The second kappa shape index (κ2) is 7.99. The lowest BCUT2D eigenvalue weighted by Gasteiger charge is -2.28. The molecule has 0 aromatic heterocycles. The quantitative estimate of drug-likeness (QED) is 0.494. The van der Waals surface area contributed by atoms with Gasteiger partial charge in [0.05, 0.1) is 7.11 Å². The van der Waals surface area contributed by atoms with Gasteiger partial charge in [0.15, 0.2) is 0 Å². The van der Waals surface area contributed by atoms with Gasteiger partial charge in [0.2, 0.25) is 0 Å². The molecule has 1 N–H and O–H groups in total. The highest BCUT2D eigenvalue weighted by Crippen LogP contribution is 2.26. The predicted octanol–water partition coefficient (Wildman–Crippen LogP) is 2.43. The Morgan fingerprint density at radius 3 is 2.55 bits per heavy atom. The SMILES string of the molecule is COC(=O)C(C)(CCCCN(C)CC(C)C)NC1CC1. The molecule has 4 heteroatoms. The standard InChI is InChI=1S/C16H32N2O2/c1-13(2)12-18(4)11-7-6-10-16(3,15(19)20-5)17-14-8-9-14/h13-14,17H,6-12H2,1-5H3. The van der Waals surface area contributed by atoms with Crippen LogP contribution < -0.4 is 5.32 Å². The summed E-state index contributed by atoms with van der Waals surface area (Å²) in [6.45, 7) is 8.69. The summed E-state index contributed by atoms with van der Waals surface area (Å²) < 4.78 is 4.96. The van der Waals surface area contributed by atoms with E-state index in [1.807, 2.05) is 6.92 Å². The first-order chi connectivity index (χ1) is 9.37. The van der Waals surface area contributed by atoms with Crippen LogP contribution in [0.1, 0.15) is 52.9 Å². The predicted molar refractivity (Wildman–Crippen MR) is 82.8 cm³/mol. The van der Waals surface area contributed by atoms with Crippen LogP contribution in [0.4, 0.5) is 0 Å². The van der Waals surface area contributed by atoms with E-state index >= 15 is 0 Å². The van der Waals surface area contributed by atoms with Crippen LogP contribution in [0.3, 0.4) is 0 Å². The van der Waals surface area contributed by atoms with E-state index in [0.717, 1.165) is 32.4 Å². The third-order valence-electron chi connectivity index (χ3n) is 3.88. The topological polar surface area (TPSA) is 41.6 Å². The Balaban J connectivity index is 2.29. The molecule has 0 saturated heterocycles. The number of nitrogens with one attached hydrogen (secondary N) is 1.